The summed E-state index contributed by atoms with van der Waals surface area (Å²) in [5, 5.41) is 5.95. The third kappa shape index (κ3) is 6.45. The van der Waals surface area contributed by atoms with E-state index in [1.165, 1.54) is 36.4 Å². The van der Waals surface area contributed by atoms with E-state index < -0.39 is 29.8 Å². The first-order valence-corrected chi connectivity index (χ1v) is 14.9. The summed E-state index contributed by atoms with van der Waals surface area (Å²) >= 11 is 12.9. The molecule has 0 saturated carbocycles. The number of piperidine rings is 1. The number of ether oxygens (including phenoxy) is 1. The van der Waals surface area contributed by atoms with Crippen molar-refractivity contribution >= 4 is 57.5 Å². The zero-order valence-electron chi connectivity index (χ0n) is 24.6. The van der Waals surface area contributed by atoms with Gasteiger partial charge in [0.2, 0.25) is 5.95 Å². The van der Waals surface area contributed by atoms with Gasteiger partial charge in [0.1, 0.15) is 0 Å². The Labute approximate surface area is 270 Å². The predicted molar refractivity (Wildman–Crippen MR) is 164 cm³/mol. The highest BCUT2D eigenvalue weighted by Gasteiger charge is 2.62. The fourth-order valence-electron chi connectivity index (χ4n) is 5.65. The van der Waals surface area contributed by atoms with Crippen LogP contribution in [0, 0.1) is 5.92 Å². The molecule has 0 spiro atoms. The highest BCUT2D eigenvalue weighted by molar-refractivity contribution is 6.34. The lowest BCUT2D eigenvalue weighted by atomic mass is 9.91. The molecule has 1 aromatic heterocycles. The van der Waals surface area contributed by atoms with Gasteiger partial charge in [0.05, 0.1) is 38.4 Å². The number of carbonyl (C=O) groups is 1. The van der Waals surface area contributed by atoms with Crippen LogP contribution in [0.5, 0.6) is 0 Å². The number of carbonyl (C=O) groups excluding carboxylic acids is 1. The smallest absolute Gasteiger partial charge is 0.370 e. The molecule has 1 aliphatic heterocycles. The second-order valence-electron chi connectivity index (χ2n) is 11.0. The summed E-state index contributed by atoms with van der Waals surface area (Å²) in [7, 11) is 2.52. The van der Waals surface area contributed by atoms with E-state index in [1.807, 2.05) is 0 Å². The van der Waals surface area contributed by atoms with E-state index >= 15 is 0 Å². The number of aromatic nitrogens is 2. The van der Waals surface area contributed by atoms with E-state index in [4.69, 9.17) is 27.9 Å². The number of halogens is 8. The molecule has 5 rings (SSSR count). The first kappa shape index (κ1) is 33.7. The van der Waals surface area contributed by atoms with Crippen molar-refractivity contribution in [1.82, 2.24) is 14.9 Å². The number of fused-ring (bicyclic) bond motifs is 1. The molecule has 1 fully saturated rings. The molecule has 2 N–H and O–H groups in total. The lowest BCUT2D eigenvalue weighted by molar-refractivity contribution is -0.265. The van der Waals surface area contributed by atoms with Crippen LogP contribution in [0.15, 0.2) is 60.7 Å². The van der Waals surface area contributed by atoms with Crippen LogP contribution in [0.3, 0.4) is 0 Å². The maximum absolute atomic E-state index is 14.3. The molecule has 1 amide bonds. The number of methoxy groups -OCH3 is 1. The number of alkyl halides is 6. The molecule has 3 aromatic carbocycles. The average molecular weight is 689 g/mol. The number of nitrogens with zero attached hydrogens (tertiary/aromatic N) is 3. The van der Waals surface area contributed by atoms with Gasteiger partial charge in [-0.1, -0.05) is 59.6 Å². The SMILES string of the molecule is COC(C(=O)NCc1ccc(Cl)c(Nc2nc3cc(Cl)c(N4CCCC(C(F)(F)F)C4)cc3n2C)c1)(c1ccccc1)C(F)(F)F. The summed E-state index contributed by atoms with van der Waals surface area (Å²) in [5.74, 6) is -2.53. The van der Waals surface area contributed by atoms with Crippen molar-refractivity contribution in [1.29, 1.82) is 0 Å². The van der Waals surface area contributed by atoms with Crippen LogP contribution in [0.2, 0.25) is 10.0 Å². The number of nitrogens with one attached hydrogen (secondary N) is 2. The van der Waals surface area contributed by atoms with Crippen LogP contribution >= 0.6 is 23.2 Å². The van der Waals surface area contributed by atoms with Gasteiger partial charge in [-0.15, -0.1) is 0 Å². The fourth-order valence-corrected chi connectivity index (χ4v) is 6.09. The van der Waals surface area contributed by atoms with E-state index in [9.17, 15) is 31.1 Å². The Hall–Kier alpha value is -3.68. The van der Waals surface area contributed by atoms with Crippen LogP contribution in [0.4, 0.5) is 43.7 Å². The fraction of sp³-hybridized carbons (Fsp3) is 0.355. The summed E-state index contributed by atoms with van der Waals surface area (Å²) in [4.78, 5) is 19.2. The first-order chi connectivity index (χ1) is 21.7. The summed E-state index contributed by atoms with van der Waals surface area (Å²) in [6, 6.07) is 14.5. The normalized spacial score (nSPS) is 17.2. The van der Waals surface area contributed by atoms with Crippen molar-refractivity contribution in [2.45, 2.75) is 37.3 Å². The third-order valence-electron chi connectivity index (χ3n) is 8.11. The Bertz CT molecular complexity index is 1730. The Morgan fingerprint density at radius 3 is 2.39 bits per heavy atom. The largest absolute Gasteiger partial charge is 0.430 e. The summed E-state index contributed by atoms with van der Waals surface area (Å²) in [5.41, 5.74) is -1.28. The van der Waals surface area contributed by atoms with Crippen LogP contribution < -0.4 is 15.5 Å². The maximum Gasteiger partial charge on any atom is 0.430 e. The highest BCUT2D eigenvalue weighted by Crippen LogP contribution is 2.43. The number of amides is 1. The van der Waals surface area contributed by atoms with Crippen LogP contribution in [-0.2, 0) is 28.7 Å². The van der Waals surface area contributed by atoms with Gasteiger partial charge in [-0.2, -0.15) is 26.3 Å². The molecule has 2 atom stereocenters. The van der Waals surface area contributed by atoms with Gasteiger partial charge in [-0.25, -0.2) is 4.98 Å². The molecule has 0 bridgehead atoms. The lowest BCUT2D eigenvalue weighted by Crippen LogP contribution is -2.55. The van der Waals surface area contributed by atoms with E-state index in [0.717, 1.165) is 7.11 Å². The van der Waals surface area contributed by atoms with Crippen molar-refractivity contribution in [3.05, 3.63) is 81.8 Å². The average Bonchev–Trinajstić information content (AvgIpc) is 3.30. The molecule has 2 unspecified atom stereocenters. The summed E-state index contributed by atoms with van der Waals surface area (Å²) in [6.45, 7) is -0.0507. The lowest BCUT2D eigenvalue weighted by Gasteiger charge is -2.35. The van der Waals surface area contributed by atoms with E-state index in [-0.39, 0.29) is 35.1 Å². The van der Waals surface area contributed by atoms with Gasteiger partial charge in [-0.05, 0) is 42.7 Å². The molecule has 0 radical (unpaired) electrons. The van der Waals surface area contributed by atoms with Crippen LogP contribution in [0.1, 0.15) is 24.0 Å². The van der Waals surface area contributed by atoms with Crippen LogP contribution in [0.25, 0.3) is 11.0 Å². The maximum atomic E-state index is 14.3. The molecule has 7 nitrogen and oxygen atoms in total. The quantitative estimate of drug-likeness (QED) is 0.183. The summed E-state index contributed by atoms with van der Waals surface area (Å²) in [6.07, 6.45) is -8.92. The Balaban J connectivity index is 1.37. The molecule has 1 saturated heterocycles. The number of hydrogen-bond donors (Lipinski definition) is 2. The molecule has 2 heterocycles. The van der Waals surface area contributed by atoms with E-state index in [0.29, 0.717) is 46.9 Å². The number of imidazole rings is 1. The van der Waals surface area contributed by atoms with Gasteiger partial charge in [0, 0.05) is 39.4 Å². The van der Waals surface area contributed by atoms with Crippen molar-refractivity contribution < 1.29 is 35.9 Å². The number of anilines is 3. The number of benzene rings is 3. The van der Waals surface area contributed by atoms with Gasteiger partial charge < -0.3 is 24.8 Å². The van der Waals surface area contributed by atoms with Crippen molar-refractivity contribution in [2.75, 3.05) is 30.4 Å². The molecule has 1 aliphatic rings. The number of rotatable bonds is 8. The molecule has 4 aromatic rings. The topological polar surface area (TPSA) is 71.4 Å². The third-order valence-corrected chi connectivity index (χ3v) is 8.74. The molecule has 0 aliphatic carbocycles. The Morgan fingerprint density at radius 2 is 1.74 bits per heavy atom. The molecule has 246 valence electrons. The molecular weight excluding hydrogens is 659 g/mol. The van der Waals surface area contributed by atoms with E-state index in [2.05, 4.69) is 15.6 Å². The standard InChI is InChI=1S/C31H29Cl2F6N5O2/c1-43-26-15-25(44-12-6-9-20(17-44)30(34,35)36)22(33)14-24(26)42-28(43)41-23-13-18(10-11-21(23)32)16-40-27(45)29(46-2,31(37,38)39)19-7-4-3-5-8-19/h3-5,7-8,10-11,13-15,20H,6,9,12,16-17H2,1-2H3,(H,40,45)(H,41,42). The molecular formula is C31H29Cl2F6N5O2. The minimum atomic E-state index is -5.06. The van der Waals surface area contributed by atoms with Crippen molar-refractivity contribution in [2.24, 2.45) is 13.0 Å². The monoisotopic (exact) mass is 687 g/mol. The molecule has 46 heavy (non-hydrogen) atoms. The minimum Gasteiger partial charge on any atom is -0.370 e. The van der Waals surface area contributed by atoms with E-state index in [1.54, 1.807) is 40.8 Å². The van der Waals surface area contributed by atoms with Gasteiger partial charge in [0.25, 0.3) is 11.5 Å². The molecule has 15 heteroatoms. The first-order valence-electron chi connectivity index (χ1n) is 14.1. The van der Waals surface area contributed by atoms with Gasteiger partial charge in [0.15, 0.2) is 0 Å². The predicted octanol–water partition coefficient (Wildman–Crippen LogP) is 8.12. The zero-order chi connectivity index (χ0) is 33.4. The second-order valence-corrected chi connectivity index (χ2v) is 11.8. The summed E-state index contributed by atoms with van der Waals surface area (Å²) < 4.78 is 89.6. The second kappa shape index (κ2) is 12.8. The number of hydrogen-bond acceptors (Lipinski definition) is 5. The highest BCUT2D eigenvalue weighted by atomic mass is 35.5. The Morgan fingerprint density at radius 1 is 1.02 bits per heavy atom. The van der Waals surface area contributed by atoms with Crippen LogP contribution in [-0.4, -0.2) is 48.0 Å². The minimum absolute atomic E-state index is 0.0613. The van der Waals surface area contributed by atoms with Gasteiger partial charge >= 0.3 is 12.4 Å². The van der Waals surface area contributed by atoms with Crippen molar-refractivity contribution in [3.63, 3.8) is 0 Å². The van der Waals surface area contributed by atoms with Crippen molar-refractivity contribution in [3.8, 4) is 0 Å². The number of aryl methyl sites for hydroxylation is 1. The zero-order valence-corrected chi connectivity index (χ0v) is 26.1. The van der Waals surface area contributed by atoms with Gasteiger partial charge in [-0.3, -0.25) is 4.79 Å². The Kier molecular flexibility index (Phi) is 9.40.